The summed E-state index contributed by atoms with van der Waals surface area (Å²) in [6, 6.07) is 13.4. The largest absolute Gasteiger partial charge is 0.493 e. The molecule has 3 aromatic rings. The molecule has 1 aromatic heterocycles. The molecule has 0 unspecified atom stereocenters. The average molecular weight is 547 g/mol. The second kappa shape index (κ2) is 9.20. The van der Waals surface area contributed by atoms with Gasteiger partial charge in [-0.15, -0.1) is 10.2 Å². The molecular weight excluding hydrogens is 534 g/mol. The van der Waals surface area contributed by atoms with Crippen molar-refractivity contribution in [3.63, 3.8) is 0 Å². The number of nitrogens with zero attached hydrogens (tertiary/aromatic N) is 5. The first kappa shape index (κ1) is 22.3. The Bertz CT molecular complexity index is 1290. The van der Waals surface area contributed by atoms with Crippen molar-refractivity contribution < 1.29 is 10.0 Å². The van der Waals surface area contributed by atoms with Crippen molar-refractivity contribution in [1.29, 1.82) is 5.26 Å². The number of azo groups is 1. The summed E-state index contributed by atoms with van der Waals surface area (Å²) < 4.78 is 1.63. The van der Waals surface area contributed by atoms with Crippen molar-refractivity contribution in [2.75, 3.05) is 0 Å². The van der Waals surface area contributed by atoms with Crippen LogP contribution in [0, 0.1) is 28.4 Å². The molecule has 0 fully saturated rings. The molecule has 9 nitrogen and oxygen atoms in total. The van der Waals surface area contributed by atoms with Crippen LogP contribution in [-0.4, -0.2) is 14.6 Å². The number of benzene rings is 2. The standard InChI is InChI=1S/C20H13Br2N5O4/c1-11-14(9-23)19(28)26(10-12-5-3-2-4-6-12)20(29)17(11)24-25-18-15(21)7-13(27(30)31)8-16(18)22/h2-8,28H,10H2,1H3. The van der Waals surface area contributed by atoms with Crippen LogP contribution in [-0.2, 0) is 6.54 Å². The molecule has 11 heteroatoms. The summed E-state index contributed by atoms with van der Waals surface area (Å²) in [7, 11) is 0. The van der Waals surface area contributed by atoms with Crippen LogP contribution in [0.5, 0.6) is 5.88 Å². The Morgan fingerprint density at radius 3 is 2.29 bits per heavy atom. The fourth-order valence-electron chi connectivity index (χ4n) is 2.82. The lowest BCUT2D eigenvalue weighted by Gasteiger charge is -2.13. The molecule has 0 bridgehead atoms. The van der Waals surface area contributed by atoms with E-state index in [0.717, 1.165) is 10.1 Å². The van der Waals surface area contributed by atoms with Gasteiger partial charge >= 0.3 is 0 Å². The Hall–Kier alpha value is -3.36. The molecule has 31 heavy (non-hydrogen) atoms. The average Bonchev–Trinajstić information content (AvgIpc) is 2.73. The van der Waals surface area contributed by atoms with Crippen molar-refractivity contribution in [2.45, 2.75) is 13.5 Å². The van der Waals surface area contributed by atoms with Crippen LogP contribution >= 0.6 is 31.9 Å². The number of hydrogen-bond donors (Lipinski definition) is 1. The number of nitriles is 1. The molecule has 2 aromatic carbocycles. The lowest BCUT2D eigenvalue weighted by atomic mass is 10.1. The fraction of sp³-hybridized carbons (Fsp3) is 0.100. The summed E-state index contributed by atoms with van der Waals surface area (Å²) in [4.78, 5) is 23.5. The van der Waals surface area contributed by atoms with Gasteiger partial charge in [-0.1, -0.05) is 30.3 Å². The van der Waals surface area contributed by atoms with E-state index in [1.165, 1.54) is 19.1 Å². The van der Waals surface area contributed by atoms with Crippen molar-refractivity contribution in [2.24, 2.45) is 10.2 Å². The minimum atomic E-state index is -0.629. The number of rotatable bonds is 5. The Morgan fingerprint density at radius 1 is 1.16 bits per heavy atom. The summed E-state index contributed by atoms with van der Waals surface area (Å²) in [5.74, 6) is -0.453. The zero-order valence-electron chi connectivity index (χ0n) is 15.9. The van der Waals surface area contributed by atoms with Crippen LogP contribution in [0.4, 0.5) is 17.1 Å². The zero-order valence-corrected chi connectivity index (χ0v) is 19.1. The highest BCUT2D eigenvalue weighted by molar-refractivity contribution is 9.11. The maximum atomic E-state index is 13.0. The molecule has 0 aliphatic carbocycles. The van der Waals surface area contributed by atoms with Crippen LogP contribution < -0.4 is 5.56 Å². The lowest BCUT2D eigenvalue weighted by Crippen LogP contribution is -2.22. The molecule has 1 N–H and O–H groups in total. The minimum absolute atomic E-state index is 0.0356. The maximum Gasteiger partial charge on any atom is 0.281 e. The second-order valence-corrected chi connectivity index (χ2v) is 8.08. The summed E-state index contributed by atoms with van der Waals surface area (Å²) in [6.45, 7) is 1.52. The first-order chi connectivity index (χ1) is 14.7. The van der Waals surface area contributed by atoms with Gasteiger partial charge in [0.2, 0.25) is 5.88 Å². The quantitative estimate of drug-likeness (QED) is 0.251. The molecule has 156 valence electrons. The first-order valence-corrected chi connectivity index (χ1v) is 10.3. The van der Waals surface area contributed by atoms with Crippen LogP contribution in [0.15, 0.2) is 66.4 Å². The van der Waals surface area contributed by atoms with E-state index in [2.05, 4.69) is 42.1 Å². The molecule has 0 saturated heterocycles. The number of aromatic nitrogens is 1. The molecular formula is C20H13Br2N5O4. The molecule has 0 amide bonds. The predicted molar refractivity (Wildman–Crippen MR) is 120 cm³/mol. The number of nitro benzene ring substituents is 1. The van der Waals surface area contributed by atoms with Gasteiger partial charge in [-0.2, -0.15) is 5.26 Å². The third-order valence-corrected chi connectivity index (χ3v) is 5.62. The van der Waals surface area contributed by atoms with Crippen molar-refractivity contribution >= 4 is 48.9 Å². The third kappa shape index (κ3) is 4.55. The number of aromatic hydroxyl groups is 1. The van der Waals surface area contributed by atoms with Gasteiger partial charge in [0.25, 0.3) is 11.2 Å². The number of halogens is 2. The Labute approximate surface area is 192 Å². The normalized spacial score (nSPS) is 10.9. The van der Waals surface area contributed by atoms with Crippen LogP contribution in [0.2, 0.25) is 0 Å². The van der Waals surface area contributed by atoms with Crippen molar-refractivity contribution in [3.8, 4) is 11.9 Å². The molecule has 3 rings (SSSR count). The van der Waals surface area contributed by atoms with Gasteiger partial charge < -0.3 is 5.11 Å². The first-order valence-electron chi connectivity index (χ1n) is 8.70. The summed E-state index contributed by atoms with van der Waals surface area (Å²) in [5.41, 5.74) is 0.147. The van der Waals surface area contributed by atoms with Gasteiger partial charge in [0.05, 0.1) is 20.4 Å². The van der Waals surface area contributed by atoms with E-state index < -0.39 is 16.4 Å². The van der Waals surface area contributed by atoms with Gasteiger partial charge in [0.1, 0.15) is 17.3 Å². The van der Waals surface area contributed by atoms with Gasteiger partial charge in [-0.25, -0.2) is 0 Å². The number of pyridine rings is 1. The highest BCUT2D eigenvalue weighted by Gasteiger charge is 2.20. The van der Waals surface area contributed by atoms with Gasteiger partial charge in [-0.3, -0.25) is 19.5 Å². The van der Waals surface area contributed by atoms with E-state index in [9.17, 15) is 25.3 Å². The maximum absolute atomic E-state index is 13.0. The molecule has 0 atom stereocenters. The molecule has 0 spiro atoms. The Kier molecular flexibility index (Phi) is 6.62. The highest BCUT2D eigenvalue weighted by atomic mass is 79.9. The van der Waals surface area contributed by atoms with E-state index in [1.807, 2.05) is 12.1 Å². The Morgan fingerprint density at radius 2 is 1.74 bits per heavy atom. The van der Waals surface area contributed by atoms with Gasteiger partial charge in [0.15, 0.2) is 5.69 Å². The van der Waals surface area contributed by atoms with Crippen molar-refractivity contribution in [3.05, 3.63) is 88.6 Å². The summed E-state index contributed by atoms with van der Waals surface area (Å²) in [6.07, 6.45) is 0. The van der Waals surface area contributed by atoms with E-state index in [-0.39, 0.29) is 34.7 Å². The van der Waals surface area contributed by atoms with Crippen LogP contribution in [0.1, 0.15) is 16.7 Å². The highest BCUT2D eigenvalue weighted by Crippen LogP contribution is 2.38. The Balaban J connectivity index is 2.14. The number of non-ortho nitro benzene ring substituents is 1. The minimum Gasteiger partial charge on any atom is -0.493 e. The molecule has 0 saturated carbocycles. The smallest absolute Gasteiger partial charge is 0.281 e. The third-order valence-electron chi connectivity index (χ3n) is 4.42. The molecule has 1 heterocycles. The molecule has 0 aliphatic rings. The van der Waals surface area contributed by atoms with Gasteiger partial charge in [-0.05, 0) is 44.3 Å². The molecule has 0 aliphatic heterocycles. The van der Waals surface area contributed by atoms with Crippen molar-refractivity contribution in [1.82, 2.24) is 4.57 Å². The lowest BCUT2D eigenvalue weighted by molar-refractivity contribution is -0.385. The van der Waals surface area contributed by atoms with E-state index in [1.54, 1.807) is 24.3 Å². The summed E-state index contributed by atoms with van der Waals surface area (Å²) in [5, 5.41) is 39.0. The number of hydrogen-bond acceptors (Lipinski definition) is 7. The van der Waals surface area contributed by atoms with E-state index in [0.29, 0.717) is 8.95 Å². The SMILES string of the molecule is Cc1c(C#N)c(O)n(Cc2ccccc2)c(=O)c1N=Nc1c(Br)cc([N+](=O)[O-])cc1Br. The predicted octanol–water partition coefficient (Wildman–Crippen LogP) is 5.63. The fourth-order valence-corrected chi connectivity index (χ4v) is 4.14. The second-order valence-electron chi connectivity index (χ2n) is 6.38. The summed E-state index contributed by atoms with van der Waals surface area (Å²) >= 11 is 6.42. The topological polar surface area (TPSA) is 134 Å². The molecule has 0 radical (unpaired) electrons. The van der Waals surface area contributed by atoms with E-state index in [4.69, 9.17) is 0 Å². The number of nitro groups is 1. The monoisotopic (exact) mass is 545 g/mol. The van der Waals surface area contributed by atoms with Crippen LogP contribution in [0.3, 0.4) is 0 Å². The van der Waals surface area contributed by atoms with Gasteiger partial charge in [0, 0.05) is 17.7 Å². The zero-order chi connectivity index (χ0) is 22.7. The van der Waals surface area contributed by atoms with E-state index >= 15 is 0 Å². The van der Waals surface area contributed by atoms with Crippen LogP contribution in [0.25, 0.3) is 0 Å².